The van der Waals surface area contributed by atoms with Crippen molar-refractivity contribution in [3.05, 3.63) is 0 Å². The average Bonchev–Trinajstić information content (AvgIpc) is 1.82. The van der Waals surface area contributed by atoms with E-state index in [4.69, 9.17) is 0 Å². The standard InChI is InChI=1S/C8H15N/c1-2-3-7-6-4-5-8(6)9-7/h6-9H,2-5H2,1H3. The van der Waals surface area contributed by atoms with E-state index in [9.17, 15) is 0 Å². The van der Waals surface area contributed by atoms with Crippen LogP contribution < -0.4 is 5.32 Å². The van der Waals surface area contributed by atoms with E-state index >= 15 is 0 Å². The zero-order valence-electron chi connectivity index (χ0n) is 6.06. The van der Waals surface area contributed by atoms with Crippen molar-refractivity contribution in [3.63, 3.8) is 0 Å². The molecular weight excluding hydrogens is 110 g/mol. The lowest BCUT2D eigenvalue weighted by Gasteiger charge is -2.54. The van der Waals surface area contributed by atoms with Crippen LogP contribution in [-0.4, -0.2) is 12.1 Å². The Morgan fingerprint density at radius 3 is 2.67 bits per heavy atom. The summed E-state index contributed by atoms with van der Waals surface area (Å²) in [6, 6.07) is 1.86. The summed E-state index contributed by atoms with van der Waals surface area (Å²) in [6.07, 6.45) is 5.70. The van der Waals surface area contributed by atoms with Crippen LogP contribution in [0.3, 0.4) is 0 Å². The van der Waals surface area contributed by atoms with Crippen molar-refractivity contribution in [2.24, 2.45) is 5.92 Å². The smallest absolute Gasteiger partial charge is 0.0113 e. The van der Waals surface area contributed by atoms with Gasteiger partial charge in [0, 0.05) is 12.1 Å². The van der Waals surface area contributed by atoms with E-state index in [1.54, 1.807) is 0 Å². The minimum atomic E-state index is 0.911. The molecule has 0 radical (unpaired) electrons. The summed E-state index contributed by atoms with van der Waals surface area (Å²) in [5.74, 6) is 1.09. The van der Waals surface area contributed by atoms with Gasteiger partial charge in [0.25, 0.3) is 0 Å². The molecule has 0 spiro atoms. The van der Waals surface area contributed by atoms with Gasteiger partial charge in [0.05, 0.1) is 0 Å². The maximum Gasteiger partial charge on any atom is 0.0113 e. The molecule has 1 aliphatic carbocycles. The molecule has 3 unspecified atom stereocenters. The highest BCUT2D eigenvalue weighted by Crippen LogP contribution is 2.40. The number of hydrogen-bond donors (Lipinski definition) is 1. The zero-order chi connectivity index (χ0) is 6.27. The van der Waals surface area contributed by atoms with Crippen molar-refractivity contribution in [1.82, 2.24) is 5.32 Å². The van der Waals surface area contributed by atoms with Gasteiger partial charge in [-0.05, 0) is 25.2 Å². The molecule has 1 saturated carbocycles. The highest BCUT2D eigenvalue weighted by atomic mass is 15.1. The van der Waals surface area contributed by atoms with Gasteiger partial charge in [-0.25, -0.2) is 0 Å². The summed E-state index contributed by atoms with van der Waals surface area (Å²) in [4.78, 5) is 0. The van der Waals surface area contributed by atoms with E-state index in [0.717, 1.165) is 18.0 Å². The van der Waals surface area contributed by atoms with Gasteiger partial charge in [-0.15, -0.1) is 0 Å². The summed E-state index contributed by atoms with van der Waals surface area (Å²) in [5, 5.41) is 3.58. The Bertz CT molecular complexity index is 109. The molecule has 1 heteroatoms. The van der Waals surface area contributed by atoms with Crippen LogP contribution in [0.1, 0.15) is 32.6 Å². The Hall–Kier alpha value is -0.0400. The van der Waals surface area contributed by atoms with E-state index in [0.29, 0.717) is 0 Å². The molecule has 2 rings (SSSR count). The van der Waals surface area contributed by atoms with Crippen LogP contribution in [0.4, 0.5) is 0 Å². The second-order valence-corrected chi connectivity index (χ2v) is 3.41. The van der Waals surface area contributed by atoms with E-state index in [-0.39, 0.29) is 0 Å². The van der Waals surface area contributed by atoms with Crippen molar-refractivity contribution in [3.8, 4) is 0 Å². The number of nitrogens with one attached hydrogen (secondary N) is 1. The summed E-state index contributed by atoms with van der Waals surface area (Å²) in [7, 11) is 0. The Morgan fingerprint density at radius 1 is 1.44 bits per heavy atom. The highest BCUT2D eigenvalue weighted by molar-refractivity contribution is 5.04. The molecule has 2 aliphatic rings. The molecule has 9 heavy (non-hydrogen) atoms. The lowest BCUT2D eigenvalue weighted by molar-refractivity contribution is 0.0367. The van der Waals surface area contributed by atoms with Gasteiger partial charge >= 0.3 is 0 Å². The lowest BCUT2D eigenvalue weighted by atomic mass is 9.66. The van der Waals surface area contributed by atoms with Crippen molar-refractivity contribution < 1.29 is 0 Å². The van der Waals surface area contributed by atoms with E-state index in [1.807, 2.05) is 0 Å². The van der Waals surface area contributed by atoms with E-state index in [1.165, 1.54) is 25.7 Å². The largest absolute Gasteiger partial charge is 0.311 e. The van der Waals surface area contributed by atoms with Crippen LogP contribution in [0.5, 0.6) is 0 Å². The molecule has 52 valence electrons. The molecule has 0 aromatic heterocycles. The highest BCUT2D eigenvalue weighted by Gasteiger charge is 2.45. The van der Waals surface area contributed by atoms with Crippen LogP contribution in [0.25, 0.3) is 0 Å². The minimum absolute atomic E-state index is 0.911. The molecule has 1 N–H and O–H groups in total. The fourth-order valence-electron chi connectivity index (χ4n) is 2.10. The third-order valence-electron chi connectivity index (χ3n) is 2.87. The predicted octanol–water partition coefficient (Wildman–Crippen LogP) is 1.54. The average molecular weight is 125 g/mol. The van der Waals surface area contributed by atoms with Gasteiger partial charge in [-0.3, -0.25) is 0 Å². The molecule has 0 aromatic rings. The third kappa shape index (κ3) is 0.710. The molecule has 3 atom stereocenters. The molecule has 1 nitrogen and oxygen atoms in total. The van der Waals surface area contributed by atoms with Gasteiger partial charge in [-0.1, -0.05) is 13.3 Å². The van der Waals surface area contributed by atoms with Crippen molar-refractivity contribution in [2.45, 2.75) is 44.7 Å². The Balaban J connectivity index is 1.77. The van der Waals surface area contributed by atoms with Gasteiger partial charge < -0.3 is 5.32 Å². The van der Waals surface area contributed by atoms with Gasteiger partial charge in [0.2, 0.25) is 0 Å². The second-order valence-electron chi connectivity index (χ2n) is 3.41. The SMILES string of the molecule is CCCC1NC2CCC12. The Kier molecular flexibility index (Phi) is 1.26. The number of piperidine rings is 1. The topological polar surface area (TPSA) is 12.0 Å². The number of fused-ring (bicyclic) bond motifs is 1. The van der Waals surface area contributed by atoms with E-state index < -0.39 is 0 Å². The third-order valence-corrected chi connectivity index (χ3v) is 2.87. The van der Waals surface area contributed by atoms with E-state index in [2.05, 4.69) is 12.2 Å². The summed E-state index contributed by atoms with van der Waals surface area (Å²) in [6.45, 7) is 2.27. The van der Waals surface area contributed by atoms with Crippen LogP contribution in [0.2, 0.25) is 0 Å². The first kappa shape index (κ1) is 5.72. The van der Waals surface area contributed by atoms with Crippen LogP contribution in [0.15, 0.2) is 0 Å². The van der Waals surface area contributed by atoms with Crippen molar-refractivity contribution >= 4 is 0 Å². The molecule has 1 heterocycles. The normalized spacial score (nSPS) is 47.0. The maximum atomic E-state index is 3.58. The minimum Gasteiger partial charge on any atom is -0.311 e. The van der Waals surface area contributed by atoms with Crippen LogP contribution >= 0.6 is 0 Å². The molecular formula is C8H15N. The first-order valence-electron chi connectivity index (χ1n) is 4.18. The fourth-order valence-corrected chi connectivity index (χ4v) is 2.10. The van der Waals surface area contributed by atoms with Crippen LogP contribution in [-0.2, 0) is 0 Å². The maximum absolute atomic E-state index is 3.58. The number of rotatable bonds is 2. The van der Waals surface area contributed by atoms with Gasteiger partial charge in [0.15, 0.2) is 0 Å². The van der Waals surface area contributed by atoms with Crippen LogP contribution in [0, 0.1) is 5.92 Å². The summed E-state index contributed by atoms with van der Waals surface area (Å²) < 4.78 is 0. The summed E-state index contributed by atoms with van der Waals surface area (Å²) >= 11 is 0. The molecule has 0 bridgehead atoms. The predicted molar refractivity (Wildman–Crippen MR) is 38.3 cm³/mol. The molecule has 1 saturated heterocycles. The molecule has 0 amide bonds. The number of hydrogen-bond acceptors (Lipinski definition) is 1. The fraction of sp³-hybridized carbons (Fsp3) is 1.00. The molecule has 1 aliphatic heterocycles. The summed E-state index contributed by atoms with van der Waals surface area (Å²) in [5.41, 5.74) is 0. The Labute approximate surface area is 56.8 Å². The molecule has 0 aromatic carbocycles. The monoisotopic (exact) mass is 125 g/mol. The second kappa shape index (κ2) is 1.98. The first-order valence-corrected chi connectivity index (χ1v) is 4.18. The van der Waals surface area contributed by atoms with Crippen molar-refractivity contribution in [1.29, 1.82) is 0 Å². The first-order chi connectivity index (χ1) is 4.42. The van der Waals surface area contributed by atoms with Gasteiger partial charge in [-0.2, -0.15) is 0 Å². The lowest BCUT2D eigenvalue weighted by Crippen LogP contribution is -2.66. The van der Waals surface area contributed by atoms with Gasteiger partial charge in [0.1, 0.15) is 0 Å². The molecule has 2 fully saturated rings. The quantitative estimate of drug-likeness (QED) is 0.590. The Morgan fingerprint density at radius 2 is 2.33 bits per heavy atom. The zero-order valence-corrected chi connectivity index (χ0v) is 6.06. The van der Waals surface area contributed by atoms with Crippen molar-refractivity contribution in [2.75, 3.05) is 0 Å².